The minimum atomic E-state index is -0.331. The zero-order valence-corrected chi connectivity index (χ0v) is 10.9. The van der Waals surface area contributed by atoms with Crippen molar-refractivity contribution in [1.82, 2.24) is 9.55 Å². The summed E-state index contributed by atoms with van der Waals surface area (Å²) in [5.74, 6) is 0.157. The van der Waals surface area contributed by atoms with E-state index in [0.29, 0.717) is 10.7 Å². The lowest BCUT2D eigenvalue weighted by Gasteiger charge is -2.17. The molecule has 0 spiro atoms. The number of carbonyl (C=O) groups is 1. The predicted molar refractivity (Wildman–Crippen MR) is 64.9 cm³/mol. The average Bonchev–Trinajstić information content (AvgIpc) is 2.53. The molecule has 0 bridgehead atoms. The number of aromatic amines is 1. The molecule has 5 heteroatoms. The van der Waals surface area contributed by atoms with E-state index >= 15 is 0 Å². The maximum absolute atomic E-state index is 11.7. The van der Waals surface area contributed by atoms with E-state index in [9.17, 15) is 4.79 Å². The molecule has 1 unspecified atom stereocenters. The van der Waals surface area contributed by atoms with Gasteiger partial charge in [-0.15, -0.1) is 0 Å². The fourth-order valence-corrected chi connectivity index (χ4v) is 2.01. The first-order valence-corrected chi connectivity index (χ1v) is 5.72. The summed E-state index contributed by atoms with van der Waals surface area (Å²) in [6.45, 7) is 6.05. The van der Waals surface area contributed by atoms with Crippen LogP contribution in [0.25, 0.3) is 0 Å². The van der Waals surface area contributed by atoms with Gasteiger partial charge >= 0.3 is 5.97 Å². The molecule has 0 aliphatic rings. The minimum Gasteiger partial charge on any atom is -0.467 e. The fourth-order valence-electron chi connectivity index (χ4n) is 1.67. The van der Waals surface area contributed by atoms with Gasteiger partial charge in [-0.2, -0.15) is 0 Å². The van der Waals surface area contributed by atoms with Crippen molar-refractivity contribution >= 4 is 18.2 Å². The topological polar surface area (TPSA) is 47.0 Å². The highest BCUT2D eigenvalue weighted by atomic mass is 32.1. The zero-order valence-electron chi connectivity index (χ0n) is 10.1. The molecule has 0 aromatic carbocycles. The van der Waals surface area contributed by atoms with E-state index < -0.39 is 0 Å². The summed E-state index contributed by atoms with van der Waals surface area (Å²) in [4.78, 5) is 14.7. The van der Waals surface area contributed by atoms with Crippen molar-refractivity contribution in [2.24, 2.45) is 5.92 Å². The molecule has 1 aromatic heterocycles. The van der Waals surface area contributed by atoms with Gasteiger partial charge in [0, 0.05) is 11.9 Å². The Hall–Kier alpha value is -1.10. The molecule has 1 N–H and O–H groups in total. The van der Waals surface area contributed by atoms with E-state index in [1.807, 2.05) is 13.1 Å². The van der Waals surface area contributed by atoms with Gasteiger partial charge in [0.2, 0.25) is 0 Å². The first-order chi connectivity index (χ1) is 7.45. The zero-order chi connectivity index (χ0) is 12.3. The van der Waals surface area contributed by atoms with Crippen LogP contribution in [-0.2, 0) is 9.53 Å². The number of imidazole rings is 1. The molecule has 0 amide bonds. The third-order valence-corrected chi connectivity index (χ3v) is 2.69. The van der Waals surface area contributed by atoms with Gasteiger partial charge in [0.25, 0.3) is 0 Å². The number of esters is 1. The number of aromatic nitrogens is 2. The fraction of sp³-hybridized carbons (Fsp3) is 0.636. The maximum atomic E-state index is 11.7. The van der Waals surface area contributed by atoms with E-state index in [-0.39, 0.29) is 12.0 Å². The highest BCUT2D eigenvalue weighted by Crippen LogP contribution is 2.20. The Morgan fingerprint density at radius 1 is 1.62 bits per heavy atom. The van der Waals surface area contributed by atoms with Crippen molar-refractivity contribution in [2.75, 3.05) is 7.11 Å². The molecule has 4 nitrogen and oxygen atoms in total. The lowest BCUT2D eigenvalue weighted by Crippen LogP contribution is -2.22. The molecule has 0 fully saturated rings. The first-order valence-electron chi connectivity index (χ1n) is 5.31. The molecule has 0 aliphatic carbocycles. The molecule has 90 valence electrons. The molecule has 1 aromatic rings. The number of ether oxygens (including phenoxy) is 1. The van der Waals surface area contributed by atoms with Crippen LogP contribution >= 0.6 is 12.2 Å². The van der Waals surface area contributed by atoms with Gasteiger partial charge in [-0.1, -0.05) is 13.8 Å². The van der Waals surface area contributed by atoms with E-state index in [1.54, 1.807) is 4.57 Å². The Morgan fingerprint density at radius 3 is 2.62 bits per heavy atom. The van der Waals surface area contributed by atoms with Crippen LogP contribution in [0.3, 0.4) is 0 Å². The van der Waals surface area contributed by atoms with Crippen molar-refractivity contribution in [3.05, 3.63) is 16.7 Å². The minimum absolute atomic E-state index is 0.246. The average molecular weight is 242 g/mol. The van der Waals surface area contributed by atoms with Gasteiger partial charge in [0.05, 0.1) is 7.11 Å². The Labute approximate surface area is 101 Å². The van der Waals surface area contributed by atoms with Crippen LogP contribution in [0.5, 0.6) is 0 Å². The second kappa shape index (κ2) is 5.30. The van der Waals surface area contributed by atoms with E-state index in [0.717, 1.165) is 12.1 Å². The van der Waals surface area contributed by atoms with E-state index in [2.05, 4.69) is 18.8 Å². The van der Waals surface area contributed by atoms with Crippen molar-refractivity contribution < 1.29 is 9.53 Å². The molecule has 0 saturated carbocycles. The summed E-state index contributed by atoms with van der Waals surface area (Å²) in [6, 6.07) is -0.331. The van der Waals surface area contributed by atoms with Crippen molar-refractivity contribution in [1.29, 1.82) is 0 Å². The number of rotatable bonds is 4. The van der Waals surface area contributed by atoms with Gasteiger partial charge in [-0.05, 0) is 31.5 Å². The molecular formula is C11H18N2O2S. The van der Waals surface area contributed by atoms with Crippen LogP contribution < -0.4 is 0 Å². The van der Waals surface area contributed by atoms with Crippen molar-refractivity contribution in [2.45, 2.75) is 33.2 Å². The molecule has 16 heavy (non-hydrogen) atoms. The van der Waals surface area contributed by atoms with Gasteiger partial charge in [-0.25, -0.2) is 4.79 Å². The lowest BCUT2D eigenvalue weighted by molar-refractivity contribution is -0.145. The number of nitrogens with zero attached hydrogens (tertiary/aromatic N) is 1. The van der Waals surface area contributed by atoms with Crippen LogP contribution in [0.2, 0.25) is 0 Å². The second-order valence-corrected chi connectivity index (χ2v) is 4.70. The Morgan fingerprint density at radius 2 is 2.25 bits per heavy atom. The standard InChI is InChI=1S/C11H18N2O2S/c1-7(2)5-9(10(14)15-4)13-6-8(3)12-11(13)16/h6-7,9H,5H2,1-4H3,(H,12,16). The Bertz CT molecular complexity index is 420. The predicted octanol–water partition coefficient (Wildman–Crippen LogP) is 2.61. The quantitative estimate of drug-likeness (QED) is 0.652. The summed E-state index contributed by atoms with van der Waals surface area (Å²) in [6.07, 6.45) is 2.57. The van der Waals surface area contributed by atoms with Crippen LogP contribution in [0.15, 0.2) is 6.20 Å². The van der Waals surface area contributed by atoms with Gasteiger partial charge < -0.3 is 14.3 Å². The number of hydrogen-bond donors (Lipinski definition) is 1. The number of aryl methyl sites for hydroxylation is 1. The smallest absolute Gasteiger partial charge is 0.328 e. The SMILES string of the molecule is COC(=O)C(CC(C)C)n1cc(C)[nH]c1=S. The molecular weight excluding hydrogens is 224 g/mol. The summed E-state index contributed by atoms with van der Waals surface area (Å²) in [5.41, 5.74) is 0.947. The van der Waals surface area contributed by atoms with Gasteiger partial charge in [0.1, 0.15) is 6.04 Å². The Balaban J connectivity index is 3.05. The van der Waals surface area contributed by atoms with E-state index in [1.165, 1.54) is 7.11 Å². The molecule has 0 saturated heterocycles. The first kappa shape index (κ1) is 13.0. The Kier molecular flexibility index (Phi) is 4.29. The molecule has 1 heterocycles. The number of hydrogen-bond acceptors (Lipinski definition) is 3. The molecule has 0 radical (unpaired) electrons. The molecule has 1 rings (SSSR count). The van der Waals surface area contributed by atoms with Gasteiger partial charge in [-0.3, -0.25) is 0 Å². The number of nitrogens with one attached hydrogen (secondary N) is 1. The van der Waals surface area contributed by atoms with Crippen LogP contribution in [0, 0.1) is 17.6 Å². The second-order valence-electron chi connectivity index (χ2n) is 4.32. The van der Waals surface area contributed by atoms with Crippen LogP contribution in [0.1, 0.15) is 32.0 Å². The lowest BCUT2D eigenvalue weighted by atomic mass is 10.0. The highest BCUT2D eigenvalue weighted by Gasteiger charge is 2.23. The third kappa shape index (κ3) is 2.95. The van der Waals surface area contributed by atoms with Crippen LogP contribution in [-0.4, -0.2) is 22.6 Å². The molecule has 1 atom stereocenters. The molecule has 0 aliphatic heterocycles. The summed E-state index contributed by atoms with van der Waals surface area (Å²) >= 11 is 5.17. The van der Waals surface area contributed by atoms with Crippen molar-refractivity contribution in [3.63, 3.8) is 0 Å². The third-order valence-electron chi connectivity index (χ3n) is 2.38. The number of carbonyl (C=O) groups excluding carboxylic acids is 1. The number of methoxy groups -OCH3 is 1. The largest absolute Gasteiger partial charge is 0.467 e. The van der Waals surface area contributed by atoms with Crippen molar-refractivity contribution in [3.8, 4) is 0 Å². The summed E-state index contributed by atoms with van der Waals surface area (Å²) in [5, 5.41) is 0. The normalized spacial score (nSPS) is 12.8. The summed E-state index contributed by atoms with van der Waals surface area (Å²) < 4.78 is 7.15. The monoisotopic (exact) mass is 242 g/mol. The maximum Gasteiger partial charge on any atom is 0.328 e. The van der Waals surface area contributed by atoms with Crippen LogP contribution in [0.4, 0.5) is 0 Å². The van der Waals surface area contributed by atoms with E-state index in [4.69, 9.17) is 17.0 Å². The summed E-state index contributed by atoms with van der Waals surface area (Å²) in [7, 11) is 1.40. The highest BCUT2D eigenvalue weighted by molar-refractivity contribution is 7.71. The number of H-pyrrole nitrogens is 1. The van der Waals surface area contributed by atoms with Gasteiger partial charge in [0.15, 0.2) is 4.77 Å².